The minimum atomic E-state index is -0.137. The Hall–Kier alpha value is -1.15. The highest BCUT2D eigenvalue weighted by atomic mass is 19.1. The van der Waals surface area contributed by atoms with Gasteiger partial charge < -0.3 is 5.32 Å². The largest absolute Gasteiger partial charge is 0.310 e. The van der Waals surface area contributed by atoms with Gasteiger partial charge in [0.15, 0.2) is 0 Å². The van der Waals surface area contributed by atoms with Crippen LogP contribution in [0.15, 0.2) is 35.9 Å². The van der Waals surface area contributed by atoms with Gasteiger partial charge in [0.1, 0.15) is 5.82 Å². The topological polar surface area (TPSA) is 12.0 Å². The first-order valence-corrected chi connectivity index (χ1v) is 6.96. The minimum Gasteiger partial charge on any atom is -0.310 e. The predicted octanol–water partition coefficient (Wildman–Crippen LogP) is 3.85. The van der Waals surface area contributed by atoms with Crippen LogP contribution >= 0.6 is 0 Å². The van der Waals surface area contributed by atoms with Gasteiger partial charge in [0.25, 0.3) is 0 Å². The number of hydrogen-bond donors (Lipinski definition) is 1. The van der Waals surface area contributed by atoms with Crippen LogP contribution in [0.3, 0.4) is 0 Å². The molecule has 2 rings (SSSR count). The fraction of sp³-hybridized carbons (Fsp3) is 0.500. The van der Waals surface area contributed by atoms with E-state index < -0.39 is 0 Å². The van der Waals surface area contributed by atoms with Crippen LogP contribution in [0.2, 0.25) is 0 Å². The second-order valence-corrected chi connectivity index (χ2v) is 5.01. The maximum Gasteiger partial charge on any atom is 0.123 e. The van der Waals surface area contributed by atoms with Crippen LogP contribution in [0.5, 0.6) is 0 Å². The Morgan fingerprint density at radius 2 is 2.28 bits per heavy atom. The molecule has 1 aromatic rings. The summed E-state index contributed by atoms with van der Waals surface area (Å²) in [7, 11) is 0. The van der Waals surface area contributed by atoms with E-state index in [1.54, 1.807) is 12.1 Å². The van der Waals surface area contributed by atoms with Crippen LogP contribution in [-0.2, 0) is 6.42 Å². The third-order valence-electron chi connectivity index (χ3n) is 3.49. The smallest absolute Gasteiger partial charge is 0.123 e. The number of allylic oxidation sites excluding steroid dienone is 1. The summed E-state index contributed by atoms with van der Waals surface area (Å²) in [6.45, 7) is 3.20. The zero-order valence-corrected chi connectivity index (χ0v) is 11.1. The average Bonchev–Trinajstić information content (AvgIpc) is 2.88. The van der Waals surface area contributed by atoms with Crippen molar-refractivity contribution in [1.82, 2.24) is 5.32 Å². The lowest BCUT2D eigenvalue weighted by atomic mass is 9.98. The van der Waals surface area contributed by atoms with Crippen molar-refractivity contribution in [3.8, 4) is 0 Å². The van der Waals surface area contributed by atoms with E-state index >= 15 is 0 Å². The summed E-state index contributed by atoms with van der Waals surface area (Å²) in [6, 6.07) is 7.35. The van der Waals surface area contributed by atoms with Crippen LogP contribution in [-0.4, -0.2) is 12.6 Å². The van der Waals surface area contributed by atoms with Gasteiger partial charge in [-0.15, -0.1) is 0 Å². The van der Waals surface area contributed by atoms with Crippen molar-refractivity contribution in [3.05, 3.63) is 47.3 Å². The quantitative estimate of drug-likeness (QED) is 0.753. The monoisotopic (exact) mass is 247 g/mol. The molecule has 0 fully saturated rings. The van der Waals surface area contributed by atoms with Crippen molar-refractivity contribution in [2.45, 2.75) is 45.1 Å². The fourth-order valence-corrected chi connectivity index (χ4v) is 2.56. The normalized spacial score (nSPS) is 16.7. The summed E-state index contributed by atoms with van der Waals surface area (Å²) in [5, 5.41) is 3.59. The molecular weight excluding hydrogens is 225 g/mol. The summed E-state index contributed by atoms with van der Waals surface area (Å²) in [5.74, 6) is -0.137. The van der Waals surface area contributed by atoms with Gasteiger partial charge in [-0.2, -0.15) is 0 Å². The number of nitrogens with one attached hydrogen (secondary N) is 1. The van der Waals surface area contributed by atoms with Crippen molar-refractivity contribution in [2.24, 2.45) is 0 Å². The van der Waals surface area contributed by atoms with Crippen LogP contribution in [0.4, 0.5) is 4.39 Å². The van der Waals surface area contributed by atoms with Crippen molar-refractivity contribution in [1.29, 1.82) is 0 Å². The molecule has 0 saturated carbocycles. The number of benzene rings is 1. The van der Waals surface area contributed by atoms with Crippen LogP contribution in [0.25, 0.3) is 0 Å². The second kappa shape index (κ2) is 6.69. The van der Waals surface area contributed by atoms with Crippen molar-refractivity contribution in [3.63, 3.8) is 0 Å². The minimum absolute atomic E-state index is 0.137. The van der Waals surface area contributed by atoms with Gasteiger partial charge in [0.05, 0.1) is 0 Å². The van der Waals surface area contributed by atoms with Crippen LogP contribution in [0, 0.1) is 5.82 Å². The summed E-state index contributed by atoms with van der Waals surface area (Å²) >= 11 is 0. The fourth-order valence-electron chi connectivity index (χ4n) is 2.56. The van der Waals surface area contributed by atoms with E-state index in [1.165, 1.54) is 30.9 Å². The van der Waals surface area contributed by atoms with Gasteiger partial charge in [-0.3, -0.25) is 0 Å². The first-order chi connectivity index (χ1) is 8.79. The van der Waals surface area contributed by atoms with Crippen molar-refractivity contribution < 1.29 is 4.39 Å². The molecule has 1 unspecified atom stereocenters. The lowest BCUT2D eigenvalue weighted by Crippen LogP contribution is -2.33. The number of hydrogen-bond acceptors (Lipinski definition) is 1. The van der Waals surface area contributed by atoms with Crippen LogP contribution < -0.4 is 5.32 Å². The van der Waals surface area contributed by atoms with Gasteiger partial charge in [0.2, 0.25) is 0 Å². The molecule has 1 aliphatic rings. The highest BCUT2D eigenvalue weighted by Crippen LogP contribution is 2.23. The zero-order chi connectivity index (χ0) is 12.8. The molecule has 0 aromatic heterocycles. The maximum absolute atomic E-state index is 13.2. The molecule has 2 heteroatoms. The first-order valence-electron chi connectivity index (χ1n) is 6.96. The summed E-state index contributed by atoms with van der Waals surface area (Å²) in [5.41, 5.74) is 2.59. The Labute approximate surface area is 109 Å². The molecule has 18 heavy (non-hydrogen) atoms. The molecule has 0 saturated heterocycles. The van der Waals surface area contributed by atoms with Gasteiger partial charge in [-0.25, -0.2) is 4.39 Å². The molecule has 0 heterocycles. The van der Waals surface area contributed by atoms with Crippen molar-refractivity contribution in [2.75, 3.05) is 6.54 Å². The number of rotatable bonds is 6. The van der Waals surface area contributed by atoms with Gasteiger partial charge in [-0.1, -0.05) is 30.7 Å². The van der Waals surface area contributed by atoms with E-state index in [0.29, 0.717) is 6.04 Å². The summed E-state index contributed by atoms with van der Waals surface area (Å²) in [4.78, 5) is 0. The Bertz CT molecular complexity index is 411. The van der Waals surface area contributed by atoms with Crippen LogP contribution in [0.1, 0.15) is 38.2 Å². The van der Waals surface area contributed by atoms with E-state index in [9.17, 15) is 4.39 Å². The van der Waals surface area contributed by atoms with Gasteiger partial charge in [0, 0.05) is 6.04 Å². The molecule has 1 nitrogen and oxygen atoms in total. The lowest BCUT2D eigenvalue weighted by Gasteiger charge is -2.20. The highest BCUT2D eigenvalue weighted by molar-refractivity contribution is 5.23. The standard InChI is InChI=1S/C16H22FN/c1-2-10-18-16(14-7-3-4-8-14)12-13-6-5-9-15(17)11-13/h5-7,9,11,16,18H,2-4,8,10,12H2,1H3. The van der Waals surface area contributed by atoms with E-state index in [1.807, 2.05) is 6.07 Å². The third-order valence-corrected chi connectivity index (χ3v) is 3.49. The SMILES string of the molecule is CCCNC(Cc1cccc(F)c1)C1=CCCC1. The summed E-state index contributed by atoms with van der Waals surface area (Å²) < 4.78 is 13.2. The van der Waals surface area contributed by atoms with Crippen molar-refractivity contribution >= 4 is 0 Å². The van der Waals surface area contributed by atoms with E-state index in [-0.39, 0.29) is 5.82 Å². The molecule has 1 aliphatic carbocycles. The molecule has 0 radical (unpaired) electrons. The van der Waals surface area contributed by atoms with E-state index in [4.69, 9.17) is 0 Å². The molecule has 98 valence electrons. The molecule has 0 aliphatic heterocycles. The molecule has 1 aromatic carbocycles. The molecule has 1 atom stereocenters. The number of halogens is 1. The summed E-state index contributed by atoms with van der Waals surface area (Å²) in [6.07, 6.45) is 8.03. The Morgan fingerprint density at radius 3 is 2.94 bits per heavy atom. The molecular formula is C16H22FN. The zero-order valence-electron chi connectivity index (χ0n) is 11.1. The Morgan fingerprint density at radius 1 is 1.39 bits per heavy atom. The van der Waals surface area contributed by atoms with E-state index in [0.717, 1.165) is 24.9 Å². The Balaban J connectivity index is 2.04. The average molecular weight is 247 g/mol. The first kappa shape index (κ1) is 13.3. The predicted molar refractivity (Wildman–Crippen MR) is 74.1 cm³/mol. The van der Waals surface area contributed by atoms with E-state index in [2.05, 4.69) is 18.3 Å². The van der Waals surface area contributed by atoms with Gasteiger partial charge >= 0.3 is 0 Å². The highest BCUT2D eigenvalue weighted by Gasteiger charge is 2.17. The van der Waals surface area contributed by atoms with Gasteiger partial charge in [-0.05, 0) is 56.3 Å². The molecule has 0 bridgehead atoms. The second-order valence-electron chi connectivity index (χ2n) is 5.01. The molecule has 0 amide bonds. The lowest BCUT2D eigenvalue weighted by molar-refractivity contribution is 0.550. The Kier molecular flexibility index (Phi) is 4.94. The molecule has 1 N–H and O–H groups in total. The maximum atomic E-state index is 13.2. The third kappa shape index (κ3) is 3.67. The molecule has 0 spiro atoms.